The molecule has 1 aliphatic rings. The van der Waals surface area contributed by atoms with E-state index >= 15 is 0 Å². The van der Waals surface area contributed by atoms with Crippen LogP contribution >= 0.6 is 0 Å². The molecule has 0 bridgehead atoms. The predicted molar refractivity (Wildman–Crippen MR) is 62.9 cm³/mol. The molecule has 1 N–H and O–H groups in total. The molecule has 1 aliphatic carbocycles. The van der Waals surface area contributed by atoms with Gasteiger partial charge in [0.2, 0.25) is 0 Å². The van der Waals surface area contributed by atoms with Crippen molar-refractivity contribution in [2.75, 3.05) is 6.54 Å². The molecule has 0 saturated heterocycles. The van der Waals surface area contributed by atoms with Crippen molar-refractivity contribution >= 4 is 6.03 Å². The van der Waals surface area contributed by atoms with Gasteiger partial charge in [-0.05, 0) is 33.6 Å². The monoisotopic (exact) mass is 212 g/mol. The molecule has 88 valence electrons. The fourth-order valence-electron chi connectivity index (χ4n) is 2.29. The van der Waals surface area contributed by atoms with Gasteiger partial charge in [0.25, 0.3) is 0 Å². The lowest BCUT2D eigenvalue weighted by Gasteiger charge is -2.34. The Morgan fingerprint density at radius 2 is 1.93 bits per heavy atom. The first-order valence-electron chi connectivity index (χ1n) is 6.22. The maximum absolute atomic E-state index is 11.9. The van der Waals surface area contributed by atoms with Gasteiger partial charge in [0.05, 0.1) is 0 Å². The molecule has 0 aromatic rings. The second-order valence-corrected chi connectivity index (χ2v) is 4.68. The zero-order valence-electron chi connectivity index (χ0n) is 10.3. The van der Waals surface area contributed by atoms with Crippen LogP contribution in [0.2, 0.25) is 0 Å². The van der Waals surface area contributed by atoms with E-state index in [1.165, 1.54) is 32.1 Å². The van der Waals surface area contributed by atoms with Crippen LogP contribution in [0.1, 0.15) is 52.9 Å². The lowest BCUT2D eigenvalue weighted by Crippen LogP contribution is -2.48. The molecule has 0 unspecified atom stereocenters. The van der Waals surface area contributed by atoms with Crippen molar-refractivity contribution in [3.05, 3.63) is 0 Å². The summed E-state index contributed by atoms with van der Waals surface area (Å²) in [6, 6.07) is 0.817. The van der Waals surface area contributed by atoms with Gasteiger partial charge in [-0.15, -0.1) is 0 Å². The summed E-state index contributed by atoms with van der Waals surface area (Å²) in [4.78, 5) is 13.9. The Morgan fingerprint density at radius 3 is 2.40 bits per heavy atom. The minimum absolute atomic E-state index is 0.111. The summed E-state index contributed by atoms with van der Waals surface area (Å²) in [7, 11) is 0. The smallest absolute Gasteiger partial charge is 0.317 e. The Labute approximate surface area is 93.2 Å². The lowest BCUT2D eigenvalue weighted by molar-refractivity contribution is 0.158. The topological polar surface area (TPSA) is 32.3 Å². The maximum atomic E-state index is 11.9. The molecule has 0 aromatic carbocycles. The number of nitrogens with zero attached hydrogens (tertiary/aromatic N) is 1. The van der Waals surface area contributed by atoms with E-state index < -0.39 is 0 Å². The normalized spacial score (nSPS) is 17.9. The molecule has 0 aliphatic heterocycles. The van der Waals surface area contributed by atoms with Crippen molar-refractivity contribution in [1.82, 2.24) is 10.2 Å². The summed E-state index contributed by atoms with van der Waals surface area (Å²) in [6.07, 6.45) is 6.24. The largest absolute Gasteiger partial charge is 0.336 e. The molecular formula is C12H24N2O. The van der Waals surface area contributed by atoms with Crippen LogP contribution in [0.25, 0.3) is 0 Å². The maximum Gasteiger partial charge on any atom is 0.317 e. The standard InChI is InChI=1S/C12H24N2O/c1-4-14(12(15)13-10(2)3)11-8-6-5-7-9-11/h10-11H,4-9H2,1-3H3,(H,13,15). The van der Waals surface area contributed by atoms with Gasteiger partial charge < -0.3 is 10.2 Å². The number of urea groups is 1. The van der Waals surface area contributed by atoms with Crippen LogP contribution in [-0.2, 0) is 0 Å². The number of carbonyl (C=O) groups excluding carboxylic acids is 1. The van der Waals surface area contributed by atoms with E-state index in [1.807, 2.05) is 18.7 Å². The van der Waals surface area contributed by atoms with Crippen molar-refractivity contribution < 1.29 is 4.79 Å². The molecule has 1 rings (SSSR count). The quantitative estimate of drug-likeness (QED) is 0.766. The first-order valence-corrected chi connectivity index (χ1v) is 6.22. The molecule has 15 heavy (non-hydrogen) atoms. The third-order valence-corrected chi connectivity index (χ3v) is 3.03. The van der Waals surface area contributed by atoms with E-state index in [2.05, 4.69) is 12.2 Å². The summed E-state index contributed by atoms with van der Waals surface area (Å²) in [5.41, 5.74) is 0. The van der Waals surface area contributed by atoms with Crippen LogP contribution in [0, 0.1) is 0 Å². The zero-order valence-corrected chi connectivity index (χ0v) is 10.3. The average molecular weight is 212 g/mol. The highest BCUT2D eigenvalue weighted by Crippen LogP contribution is 2.22. The molecule has 0 atom stereocenters. The molecule has 2 amide bonds. The zero-order chi connectivity index (χ0) is 11.3. The Hall–Kier alpha value is -0.730. The minimum Gasteiger partial charge on any atom is -0.336 e. The van der Waals surface area contributed by atoms with E-state index in [1.54, 1.807) is 0 Å². The SMILES string of the molecule is CCN(C(=O)NC(C)C)C1CCCCC1. The Bertz CT molecular complexity index is 198. The Balaban J connectivity index is 2.49. The van der Waals surface area contributed by atoms with E-state index in [0.717, 1.165) is 6.54 Å². The predicted octanol–water partition coefficient (Wildman–Crippen LogP) is 2.76. The number of hydrogen-bond donors (Lipinski definition) is 1. The van der Waals surface area contributed by atoms with Crippen molar-refractivity contribution in [3.8, 4) is 0 Å². The highest BCUT2D eigenvalue weighted by atomic mass is 16.2. The second kappa shape index (κ2) is 5.99. The molecule has 3 heteroatoms. The molecular weight excluding hydrogens is 188 g/mol. The van der Waals surface area contributed by atoms with Gasteiger partial charge in [0, 0.05) is 18.6 Å². The fraction of sp³-hybridized carbons (Fsp3) is 0.917. The van der Waals surface area contributed by atoms with Crippen molar-refractivity contribution in [2.24, 2.45) is 0 Å². The van der Waals surface area contributed by atoms with Gasteiger partial charge in [-0.1, -0.05) is 19.3 Å². The van der Waals surface area contributed by atoms with Crippen LogP contribution in [0.3, 0.4) is 0 Å². The summed E-state index contributed by atoms with van der Waals surface area (Å²) in [5, 5.41) is 2.98. The van der Waals surface area contributed by atoms with E-state index in [4.69, 9.17) is 0 Å². The first kappa shape index (κ1) is 12.3. The van der Waals surface area contributed by atoms with Gasteiger partial charge >= 0.3 is 6.03 Å². The summed E-state index contributed by atoms with van der Waals surface area (Å²) >= 11 is 0. The number of nitrogens with one attached hydrogen (secondary N) is 1. The van der Waals surface area contributed by atoms with Crippen molar-refractivity contribution in [3.63, 3.8) is 0 Å². The van der Waals surface area contributed by atoms with Gasteiger partial charge in [-0.2, -0.15) is 0 Å². The third kappa shape index (κ3) is 3.73. The molecule has 1 fully saturated rings. The van der Waals surface area contributed by atoms with Crippen LogP contribution in [0.4, 0.5) is 4.79 Å². The average Bonchev–Trinajstić information content (AvgIpc) is 2.19. The highest BCUT2D eigenvalue weighted by Gasteiger charge is 2.23. The highest BCUT2D eigenvalue weighted by molar-refractivity contribution is 5.74. The van der Waals surface area contributed by atoms with Crippen LogP contribution < -0.4 is 5.32 Å². The Morgan fingerprint density at radius 1 is 1.33 bits per heavy atom. The van der Waals surface area contributed by atoms with E-state index in [-0.39, 0.29) is 12.1 Å². The second-order valence-electron chi connectivity index (χ2n) is 4.68. The van der Waals surface area contributed by atoms with Crippen LogP contribution in [0.15, 0.2) is 0 Å². The number of hydrogen-bond acceptors (Lipinski definition) is 1. The third-order valence-electron chi connectivity index (χ3n) is 3.03. The molecule has 1 saturated carbocycles. The molecule has 3 nitrogen and oxygen atoms in total. The first-order chi connectivity index (χ1) is 7.15. The molecule has 0 aromatic heterocycles. The summed E-state index contributed by atoms with van der Waals surface area (Å²) in [6.45, 7) is 6.90. The molecule has 0 radical (unpaired) electrons. The number of rotatable bonds is 3. The summed E-state index contributed by atoms with van der Waals surface area (Å²) < 4.78 is 0. The van der Waals surface area contributed by atoms with Crippen LogP contribution in [0.5, 0.6) is 0 Å². The van der Waals surface area contributed by atoms with Gasteiger partial charge in [0.15, 0.2) is 0 Å². The Kier molecular flexibility index (Phi) is 4.92. The minimum atomic E-state index is 0.111. The van der Waals surface area contributed by atoms with Gasteiger partial charge in [-0.3, -0.25) is 0 Å². The van der Waals surface area contributed by atoms with Crippen molar-refractivity contribution in [2.45, 2.75) is 65.0 Å². The molecule has 0 heterocycles. The fourth-order valence-corrected chi connectivity index (χ4v) is 2.29. The lowest BCUT2D eigenvalue weighted by atomic mass is 9.94. The van der Waals surface area contributed by atoms with Gasteiger partial charge in [0.1, 0.15) is 0 Å². The van der Waals surface area contributed by atoms with E-state index in [9.17, 15) is 4.79 Å². The number of amides is 2. The van der Waals surface area contributed by atoms with Crippen molar-refractivity contribution in [1.29, 1.82) is 0 Å². The van der Waals surface area contributed by atoms with E-state index in [0.29, 0.717) is 6.04 Å². The summed E-state index contributed by atoms with van der Waals surface area (Å²) in [5.74, 6) is 0. The molecule has 0 spiro atoms. The van der Waals surface area contributed by atoms with Crippen LogP contribution in [-0.4, -0.2) is 29.6 Å². The van der Waals surface area contributed by atoms with Gasteiger partial charge in [-0.25, -0.2) is 4.79 Å². The number of carbonyl (C=O) groups is 1.